The van der Waals surface area contributed by atoms with Gasteiger partial charge in [-0.3, -0.25) is 9.78 Å². The standard InChI is InChI=1S/C14H17F2N3O/c1-8(2)10-11(18-4-3-17-10)19-12(20)9-5-13(6-9)7-14(13,15)16/h3-4,8-9H,5-7H2,1-2H3,(H,18,19,20). The highest BCUT2D eigenvalue weighted by molar-refractivity contribution is 5.93. The lowest BCUT2D eigenvalue weighted by Gasteiger charge is -2.34. The fraction of sp³-hybridized carbons (Fsp3) is 0.643. The minimum Gasteiger partial charge on any atom is -0.309 e. The number of hydrogen-bond donors (Lipinski definition) is 1. The molecule has 4 nitrogen and oxygen atoms in total. The van der Waals surface area contributed by atoms with Crippen molar-refractivity contribution in [2.24, 2.45) is 11.3 Å². The molecule has 0 unspecified atom stereocenters. The monoisotopic (exact) mass is 281 g/mol. The first-order valence-corrected chi connectivity index (χ1v) is 6.84. The topological polar surface area (TPSA) is 54.9 Å². The Kier molecular flexibility index (Phi) is 2.81. The van der Waals surface area contributed by atoms with Gasteiger partial charge in [-0.05, 0) is 18.8 Å². The van der Waals surface area contributed by atoms with Crippen LogP contribution >= 0.6 is 0 Å². The Hall–Kier alpha value is -1.59. The Balaban J connectivity index is 1.64. The normalized spacial score (nSPS) is 30.1. The van der Waals surface area contributed by atoms with Gasteiger partial charge < -0.3 is 5.32 Å². The molecule has 6 heteroatoms. The van der Waals surface area contributed by atoms with Gasteiger partial charge in [0.1, 0.15) is 0 Å². The molecule has 20 heavy (non-hydrogen) atoms. The number of aromatic nitrogens is 2. The van der Waals surface area contributed by atoms with E-state index in [0.717, 1.165) is 0 Å². The van der Waals surface area contributed by atoms with Crippen LogP contribution in [0, 0.1) is 11.3 Å². The van der Waals surface area contributed by atoms with Gasteiger partial charge in [0.2, 0.25) is 5.91 Å². The van der Waals surface area contributed by atoms with E-state index in [9.17, 15) is 13.6 Å². The van der Waals surface area contributed by atoms with Crippen molar-refractivity contribution in [2.75, 3.05) is 5.32 Å². The van der Waals surface area contributed by atoms with Gasteiger partial charge in [0, 0.05) is 30.1 Å². The summed E-state index contributed by atoms with van der Waals surface area (Å²) in [5.74, 6) is -2.53. The number of carbonyl (C=O) groups is 1. The lowest BCUT2D eigenvalue weighted by atomic mass is 9.71. The molecule has 1 spiro atoms. The van der Waals surface area contributed by atoms with Gasteiger partial charge in [-0.25, -0.2) is 13.8 Å². The maximum absolute atomic E-state index is 13.1. The average Bonchev–Trinajstić information content (AvgIpc) is 2.91. The molecule has 3 rings (SSSR count). The molecule has 1 aromatic heterocycles. The predicted molar refractivity (Wildman–Crippen MR) is 69.5 cm³/mol. The number of hydrogen-bond acceptors (Lipinski definition) is 3. The molecule has 1 N–H and O–H groups in total. The second-order valence-electron chi connectivity index (χ2n) is 6.20. The molecule has 1 amide bonds. The first kappa shape index (κ1) is 13.4. The van der Waals surface area contributed by atoms with Gasteiger partial charge in [0.05, 0.1) is 5.69 Å². The third-order valence-corrected chi connectivity index (χ3v) is 4.37. The lowest BCUT2D eigenvalue weighted by Crippen LogP contribution is -2.38. The van der Waals surface area contributed by atoms with Crippen molar-refractivity contribution in [2.45, 2.75) is 45.0 Å². The highest BCUT2D eigenvalue weighted by Crippen LogP contribution is 2.72. The Morgan fingerprint density at radius 1 is 1.35 bits per heavy atom. The summed E-state index contributed by atoms with van der Waals surface area (Å²) < 4.78 is 26.2. The number of carbonyl (C=O) groups excluding carboxylic acids is 1. The summed E-state index contributed by atoms with van der Waals surface area (Å²) >= 11 is 0. The minimum absolute atomic E-state index is 0.0633. The van der Waals surface area contributed by atoms with E-state index < -0.39 is 11.3 Å². The van der Waals surface area contributed by atoms with Crippen molar-refractivity contribution in [3.8, 4) is 0 Å². The molecule has 0 aliphatic heterocycles. The van der Waals surface area contributed by atoms with Crippen molar-refractivity contribution in [1.82, 2.24) is 9.97 Å². The summed E-state index contributed by atoms with van der Waals surface area (Å²) in [5.41, 5.74) is -0.162. The number of halogens is 2. The van der Waals surface area contributed by atoms with Crippen molar-refractivity contribution < 1.29 is 13.6 Å². The summed E-state index contributed by atoms with van der Waals surface area (Å²) in [5, 5.41) is 2.73. The quantitative estimate of drug-likeness (QED) is 0.926. The highest BCUT2D eigenvalue weighted by Gasteiger charge is 2.76. The largest absolute Gasteiger partial charge is 0.309 e. The molecule has 2 aliphatic carbocycles. The van der Waals surface area contributed by atoms with E-state index >= 15 is 0 Å². The van der Waals surface area contributed by atoms with E-state index in [1.54, 1.807) is 6.20 Å². The average molecular weight is 281 g/mol. The zero-order chi connectivity index (χ0) is 14.5. The zero-order valence-corrected chi connectivity index (χ0v) is 11.5. The summed E-state index contributed by atoms with van der Waals surface area (Å²) in [7, 11) is 0. The van der Waals surface area contributed by atoms with Crippen molar-refractivity contribution >= 4 is 11.7 Å². The number of anilines is 1. The fourth-order valence-electron chi connectivity index (χ4n) is 2.98. The summed E-state index contributed by atoms with van der Waals surface area (Å²) in [6.07, 6.45) is 3.59. The van der Waals surface area contributed by atoms with Crippen molar-refractivity contribution in [3.63, 3.8) is 0 Å². The maximum Gasteiger partial charge on any atom is 0.254 e. The van der Waals surface area contributed by atoms with Crippen LogP contribution in [0.3, 0.4) is 0 Å². The minimum atomic E-state index is -2.56. The predicted octanol–water partition coefficient (Wildman–Crippen LogP) is 2.97. The lowest BCUT2D eigenvalue weighted by molar-refractivity contribution is -0.126. The number of amides is 1. The molecule has 0 radical (unpaired) electrons. The second kappa shape index (κ2) is 4.20. The van der Waals surface area contributed by atoms with Crippen LogP contribution in [-0.2, 0) is 4.79 Å². The van der Waals surface area contributed by atoms with Gasteiger partial charge in [0.25, 0.3) is 5.92 Å². The molecular formula is C14H17F2N3O. The van der Waals surface area contributed by atoms with E-state index in [2.05, 4.69) is 15.3 Å². The van der Waals surface area contributed by atoms with Crippen molar-refractivity contribution in [1.29, 1.82) is 0 Å². The smallest absolute Gasteiger partial charge is 0.254 e. The Bertz CT molecular complexity index is 553. The first-order valence-electron chi connectivity index (χ1n) is 6.84. The fourth-order valence-corrected chi connectivity index (χ4v) is 2.98. The van der Waals surface area contributed by atoms with Crippen LogP contribution in [0.5, 0.6) is 0 Å². The van der Waals surface area contributed by atoms with Crippen LogP contribution in [0.2, 0.25) is 0 Å². The molecule has 0 aromatic carbocycles. The molecule has 2 saturated carbocycles. The van der Waals surface area contributed by atoms with E-state index in [1.165, 1.54) is 6.20 Å². The van der Waals surface area contributed by atoms with Crippen LogP contribution in [0.15, 0.2) is 12.4 Å². The summed E-state index contributed by atoms with van der Waals surface area (Å²) in [6.45, 7) is 3.92. The van der Waals surface area contributed by atoms with E-state index in [1.807, 2.05) is 13.8 Å². The Morgan fingerprint density at radius 2 is 1.95 bits per heavy atom. The Morgan fingerprint density at radius 3 is 2.50 bits per heavy atom. The van der Waals surface area contributed by atoms with Crippen LogP contribution in [-0.4, -0.2) is 21.8 Å². The highest BCUT2D eigenvalue weighted by atomic mass is 19.3. The van der Waals surface area contributed by atoms with Crippen LogP contribution < -0.4 is 5.32 Å². The number of nitrogens with one attached hydrogen (secondary N) is 1. The van der Waals surface area contributed by atoms with Crippen LogP contribution in [0.4, 0.5) is 14.6 Å². The van der Waals surface area contributed by atoms with Gasteiger partial charge >= 0.3 is 0 Å². The Labute approximate surface area is 116 Å². The molecule has 2 fully saturated rings. The van der Waals surface area contributed by atoms with Gasteiger partial charge in [0.15, 0.2) is 5.82 Å². The van der Waals surface area contributed by atoms with E-state index in [-0.39, 0.29) is 37.0 Å². The van der Waals surface area contributed by atoms with Gasteiger partial charge in [-0.15, -0.1) is 0 Å². The molecule has 1 aromatic rings. The number of alkyl halides is 2. The third-order valence-electron chi connectivity index (χ3n) is 4.37. The van der Waals surface area contributed by atoms with Crippen LogP contribution in [0.1, 0.15) is 44.7 Å². The number of nitrogens with zero attached hydrogens (tertiary/aromatic N) is 2. The summed E-state index contributed by atoms with van der Waals surface area (Å²) in [6, 6.07) is 0. The third kappa shape index (κ3) is 1.98. The zero-order valence-electron chi connectivity index (χ0n) is 11.5. The molecule has 108 valence electrons. The van der Waals surface area contributed by atoms with Gasteiger partial charge in [-0.2, -0.15) is 0 Å². The second-order valence-corrected chi connectivity index (χ2v) is 6.20. The SMILES string of the molecule is CC(C)c1nccnc1NC(=O)C1CC2(C1)CC2(F)F. The molecule has 0 bridgehead atoms. The number of rotatable bonds is 3. The molecule has 0 atom stereocenters. The van der Waals surface area contributed by atoms with E-state index in [4.69, 9.17) is 0 Å². The first-order chi connectivity index (χ1) is 9.35. The van der Waals surface area contributed by atoms with Crippen LogP contribution in [0.25, 0.3) is 0 Å². The van der Waals surface area contributed by atoms with E-state index in [0.29, 0.717) is 11.5 Å². The maximum atomic E-state index is 13.1. The molecular weight excluding hydrogens is 264 g/mol. The van der Waals surface area contributed by atoms with Gasteiger partial charge in [-0.1, -0.05) is 13.8 Å². The van der Waals surface area contributed by atoms with Crippen molar-refractivity contribution in [3.05, 3.63) is 18.1 Å². The molecule has 1 heterocycles. The molecule has 0 saturated heterocycles. The molecule has 2 aliphatic rings. The summed E-state index contributed by atoms with van der Waals surface area (Å²) in [4.78, 5) is 20.4.